The molecule has 2 aromatic rings. The average molecular weight is 286 g/mol. The quantitative estimate of drug-likeness (QED) is 0.788. The molecule has 0 amide bonds. The smallest absolute Gasteiger partial charge is 0.163 e. The van der Waals surface area contributed by atoms with Gasteiger partial charge in [0.05, 0.1) is 26.9 Å². The molecule has 0 fully saturated rings. The minimum absolute atomic E-state index is 0.0225. The average Bonchev–Trinajstić information content (AvgIpc) is 2.53. The highest BCUT2D eigenvalue weighted by Crippen LogP contribution is 2.34. The van der Waals surface area contributed by atoms with E-state index in [9.17, 15) is 4.79 Å². The molecule has 0 heterocycles. The molecule has 0 radical (unpaired) electrons. The first-order chi connectivity index (χ1) is 10.1. The van der Waals surface area contributed by atoms with E-state index < -0.39 is 0 Å². The molecule has 0 aliphatic carbocycles. The Balaban J connectivity index is 2.49. The maximum absolute atomic E-state index is 11.5. The van der Waals surface area contributed by atoms with Crippen molar-refractivity contribution in [2.24, 2.45) is 0 Å². The van der Waals surface area contributed by atoms with Crippen molar-refractivity contribution in [2.75, 3.05) is 21.3 Å². The lowest BCUT2D eigenvalue weighted by Gasteiger charge is -2.12. The number of methoxy groups -OCH3 is 3. The van der Waals surface area contributed by atoms with Gasteiger partial charge in [-0.05, 0) is 42.3 Å². The highest BCUT2D eigenvalue weighted by Gasteiger charge is 2.11. The number of Topliss-reactive ketones (excluding diaryl/α,β-unsaturated/α-hetero) is 1. The van der Waals surface area contributed by atoms with E-state index in [2.05, 4.69) is 0 Å². The SMILES string of the molecule is COc1ccc(-c2ccc(C(C)=O)c(OC)c2)cc1OC. The van der Waals surface area contributed by atoms with E-state index in [1.54, 1.807) is 27.4 Å². The first kappa shape index (κ1) is 14.9. The van der Waals surface area contributed by atoms with Crippen LogP contribution >= 0.6 is 0 Å². The van der Waals surface area contributed by atoms with Gasteiger partial charge in [-0.2, -0.15) is 0 Å². The van der Waals surface area contributed by atoms with Crippen LogP contribution in [-0.2, 0) is 0 Å². The Labute approximate surface area is 124 Å². The molecule has 4 heteroatoms. The number of ketones is 1. The zero-order chi connectivity index (χ0) is 15.4. The third-order valence-electron chi connectivity index (χ3n) is 3.30. The van der Waals surface area contributed by atoms with Gasteiger partial charge in [0.25, 0.3) is 0 Å². The predicted molar refractivity (Wildman–Crippen MR) is 81.5 cm³/mol. The van der Waals surface area contributed by atoms with Crippen LogP contribution < -0.4 is 14.2 Å². The molecule has 4 nitrogen and oxygen atoms in total. The monoisotopic (exact) mass is 286 g/mol. The summed E-state index contributed by atoms with van der Waals surface area (Å²) >= 11 is 0. The molecule has 0 aliphatic rings. The fourth-order valence-corrected chi connectivity index (χ4v) is 2.18. The first-order valence-corrected chi connectivity index (χ1v) is 6.52. The normalized spacial score (nSPS) is 10.1. The lowest BCUT2D eigenvalue weighted by atomic mass is 10.0. The van der Waals surface area contributed by atoms with E-state index >= 15 is 0 Å². The van der Waals surface area contributed by atoms with Gasteiger partial charge in [0.15, 0.2) is 17.3 Å². The van der Waals surface area contributed by atoms with E-state index in [4.69, 9.17) is 14.2 Å². The Morgan fingerprint density at radius 2 is 1.29 bits per heavy atom. The number of hydrogen-bond acceptors (Lipinski definition) is 4. The van der Waals surface area contributed by atoms with Crippen LogP contribution in [0.4, 0.5) is 0 Å². The van der Waals surface area contributed by atoms with Gasteiger partial charge in [-0.1, -0.05) is 12.1 Å². The van der Waals surface area contributed by atoms with Crippen LogP contribution in [-0.4, -0.2) is 27.1 Å². The van der Waals surface area contributed by atoms with Gasteiger partial charge in [0.1, 0.15) is 5.75 Å². The van der Waals surface area contributed by atoms with Crippen molar-refractivity contribution in [3.8, 4) is 28.4 Å². The molecule has 0 aliphatic heterocycles. The topological polar surface area (TPSA) is 44.8 Å². The Bertz CT molecular complexity index is 662. The molecule has 0 saturated heterocycles. The maximum Gasteiger partial charge on any atom is 0.163 e. The molecule has 0 atom stereocenters. The second-order valence-electron chi connectivity index (χ2n) is 4.54. The lowest BCUT2D eigenvalue weighted by Crippen LogP contribution is -1.97. The van der Waals surface area contributed by atoms with Crippen LogP contribution in [0.3, 0.4) is 0 Å². The van der Waals surface area contributed by atoms with Gasteiger partial charge in [-0.15, -0.1) is 0 Å². The van der Waals surface area contributed by atoms with E-state index in [-0.39, 0.29) is 5.78 Å². The van der Waals surface area contributed by atoms with E-state index in [0.717, 1.165) is 11.1 Å². The van der Waals surface area contributed by atoms with Gasteiger partial charge in [0, 0.05) is 0 Å². The lowest BCUT2D eigenvalue weighted by molar-refractivity contribution is 0.101. The minimum atomic E-state index is -0.0225. The summed E-state index contributed by atoms with van der Waals surface area (Å²) in [5, 5.41) is 0. The highest BCUT2D eigenvalue weighted by atomic mass is 16.5. The highest BCUT2D eigenvalue weighted by molar-refractivity contribution is 5.97. The van der Waals surface area contributed by atoms with Gasteiger partial charge in [-0.25, -0.2) is 0 Å². The Morgan fingerprint density at radius 1 is 0.762 bits per heavy atom. The summed E-state index contributed by atoms with van der Waals surface area (Å²) < 4.78 is 15.8. The van der Waals surface area contributed by atoms with E-state index in [1.165, 1.54) is 6.92 Å². The zero-order valence-electron chi connectivity index (χ0n) is 12.6. The number of carbonyl (C=O) groups excluding carboxylic acids is 1. The zero-order valence-corrected chi connectivity index (χ0v) is 12.6. The van der Waals surface area contributed by atoms with Crippen LogP contribution in [0.5, 0.6) is 17.2 Å². The largest absolute Gasteiger partial charge is 0.496 e. The fourth-order valence-electron chi connectivity index (χ4n) is 2.18. The van der Waals surface area contributed by atoms with Gasteiger partial charge in [-0.3, -0.25) is 4.79 Å². The summed E-state index contributed by atoms with van der Waals surface area (Å²) in [4.78, 5) is 11.5. The van der Waals surface area contributed by atoms with Gasteiger partial charge in [0.2, 0.25) is 0 Å². The summed E-state index contributed by atoms with van der Waals surface area (Å²) in [7, 11) is 4.75. The van der Waals surface area contributed by atoms with Crippen molar-refractivity contribution >= 4 is 5.78 Å². The Morgan fingerprint density at radius 3 is 1.81 bits per heavy atom. The Kier molecular flexibility index (Phi) is 4.48. The molecule has 2 aromatic carbocycles. The van der Waals surface area contributed by atoms with Crippen molar-refractivity contribution in [2.45, 2.75) is 6.92 Å². The van der Waals surface area contributed by atoms with Gasteiger partial charge < -0.3 is 14.2 Å². The summed E-state index contributed by atoms with van der Waals surface area (Å²) in [6.45, 7) is 1.52. The number of hydrogen-bond donors (Lipinski definition) is 0. The number of benzene rings is 2. The van der Waals surface area contributed by atoms with Crippen molar-refractivity contribution in [3.05, 3.63) is 42.0 Å². The fraction of sp³-hybridized carbons (Fsp3) is 0.235. The molecule has 2 rings (SSSR count). The van der Waals surface area contributed by atoms with E-state index in [1.807, 2.05) is 30.3 Å². The number of rotatable bonds is 5. The summed E-state index contributed by atoms with van der Waals surface area (Å²) in [5.41, 5.74) is 2.47. The van der Waals surface area contributed by atoms with E-state index in [0.29, 0.717) is 22.8 Å². The maximum atomic E-state index is 11.5. The second-order valence-corrected chi connectivity index (χ2v) is 4.54. The van der Waals surface area contributed by atoms with Crippen LogP contribution in [0.15, 0.2) is 36.4 Å². The minimum Gasteiger partial charge on any atom is -0.496 e. The van der Waals surface area contributed by atoms with Crippen LogP contribution in [0, 0.1) is 0 Å². The van der Waals surface area contributed by atoms with Crippen molar-refractivity contribution in [3.63, 3.8) is 0 Å². The number of ether oxygens (including phenoxy) is 3. The van der Waals surface area contributed by atoms with Crippen molar-refractivity contribution in [1.82, 2.24) is 0 Å². The second kappa shape index (κ2) is 6.31. The molecule has 0 unspecified atom stereocenters. The third kappa shape index (κ3) is 2.99. The molecule has 0 bridgehead atoms. The Hall–Kier alpha value is -2.49. The molecular weight excluding hydrogens is 268 g/mol. The molecule has 0 aromatic heterocycles. The summed E-state index contributed by atoms with van der Waals surface area (Å²) in [5.74, 6) is 1.87. The predicted octanol–water partition coefficient (Wildman–Crippen LogP) is 3.58. The molecule has 0 spiro atoms. The standard InChI is InChI=1S/C17H18O4/c1-11(18)14-7-5-12(9-16(14)20-3)13-6-8-15(19-2)17(10-13)21-4/h5-10H,1-4H3. The van der Waals surface area contributed by atoms with Crippen LogP contribution in [0.2, 0.25) is 0 Å². The third-order valence-corrected chi connectivity index (χ3v) is 3.30. The van der Waals surface area contributed by atoms with Crippen LogP contribution in [0.25, 0.3) is 11.1 Å². The molecule has 110 valence electrons. The van der Waals surface area contributed by atoms with Crippen molar-refractivity contribution < 1.29 is 19.0 Å². The summed E-state index contributed by atoms with van der Waals surface area (Å²) in [6, 6.07) is 11.2. The number of carbonyl (C=O) groups is 1. The van der Waals surface area contributed by atoms with Gasteiger partial charge >= 0.3 is 0 Å². The first-order valence-electron chi connectivity index (χ1n) is 6.52. The molecule has 0 N–H and O–H groups in total. The van der Waals surface area contributed by atoms with Crippen molar-refractivity contribution in [1.29, 1.82) is 0 Å². The summed E-state index contributed by atoms with van der Waals surface area (Å²) in [6.07, 6.45) is 0. The van der Waals surface area contributed by atoms with Crippen LogP contribution in [0.1, 0.15) is 17.3 Å². The molecule has 0 saturated carbocycles. The molecule has 21 heavy (non-hydrogen) atoms. The molecular formula is C17H18O4.